The molecule has 3 heteroatoms. The zero-order valence-corrected chi connectivity index (χ0v) is 9.08. The Morgan fingerprint density at radius 1 is 1.31 bits per heavy atom. The summed E-state index contributed by atoms with van der Waals surface area (Å²) in [5, 5.41) is 0. The number of hydrogen-bond donors (Lipinski definition) is 0. The molecule has 2 heterocycles. The van der Waals surface area contributed by atoms with E-state index in [1.807, 2.05) is 11.0 Å². The summed E-state index contributed by atoms with van der Waals surface area (Å²) in [6.07, 6.45) is 1.89. The molecule has 16 heavy (non-hydrogen) atoms. The molecule has 2 aliphatic heterocycles. The molecular weight excluding hydrogens is 205 g/mol. The lowest BCUT2D eigenvalue weighted by Crippen LogP contribution is -2.41. The smallest absolute Gasteiger partial charge is 0.165 e. The van der Waals surface area contributed by atoms with Crippen LogP contribution >= 0.6 is 0 Å². The first-order valence-electron chi connectivity index (χ1n) is 5.63. The zero-order valence-electron chi connectivity index (χ0n) is 9.08. The highest BCUT2D eigenvalue weighted by atomic mass is 19.1. The molecule has 2 nitrogen and oxygen atoms in total. The van der Waals surface area contributed by atoms with E-state index in [9.17, 15) is 4.39 Å². The fourth-order valence-corrected chi connectivity index (χ4v) is 2.73. The first-order chi connectivity index (χ1) is 7.71. The molecule has 1 aromatic rings. The van der Waals surface area contributed by atoms with Crippen molar-refractivity contribution in [3.05, 3.63) is 36.6 Å². The molecule has 0 N–H and O–H groups in total. The van der Waals surface area contributed by atoms with Gasteiger partial charge in [-0.1, -0.05) is 12.1 Å². The summed E-state index contributed by atoms with van der Waals surface area (Å²) < 4.78 is 19.1. The van der Waals surface area contributed by atoms with Gasteiger partial charge in [-0.05, 0) is 32.0 Å². The Morgan fingerprint density at radius 2 is 2.06 bits per heavy atom. The van der Waals surface area contributed by atoms with Crippen LogP contribution in [-0.4, -0.2) is 24.6 Å². The molecule has 1 spiro atoms. The zero-order chi connectivity index (χ0) is 11.2. The maximum absolute atomic E-state index is 13.5. The van der Waals surface area contributed by atoms with E-state index in [0.29, 0.717) is 12.4 Å². The van der Waals surface area contributed by atoms with Crippen molar-refractivity contribution in [2.45, 2.75) is 18.3 Å². The highest BCUT2D eigenvalue weighted by Gasteiger charge is 2.43. The van der Waals surface area contributed by atoms with E-state index in [0.717, 1.165) is 31.5 Å². The molecule has 0 atom stereocenters. The van der Waals surface area contributed by atoms with Gasteiger partial charge in [-0.15, -0.1) is 0 Å². The Bertz CT molecular complexity index is 410. The van der Waals surface area contributed by atoms with Gasteiger partial charge < -0.3 is 4.74 Å². The molecule has 84 valence electrons. The Balaban J connectivity index is 1.99. The molecule has 1 fully saturated rings. The summed E-state index contributed by atoms with van der Waals surface area (Å²) in [6, 6.07) is 5.20. The Labute approximate surface area is 95.0 Å². The molecule has 0 saturated carbocycles. The van der Waals surface area contributed by atoms with Crippen molar-refractivity contribution in [2.75, 3.05) is 19.7 Å². The van der Waals surface area contributed by atoms with E-state index in [4.69, 9.17) is 11.8 Å². The second-order valence-electron chi connectivity index (χ2n) is 4.72. The topological polar surface area (TPSA) is 12.5 Å². The number of ether oxygens (including phenoxy) is 1. The quantitative estimate of drug-likeness (QED) is 0.663. The average Bonchev–Trinajstić information content (AvgIpc) is 2.64. The first kappa shape index (κ1) is 10.1. The molecule has 0 amide bonds. The minimum absolute atomic E-state index is 0.00664. The summed E-state index contributed by atoms with van der Waals surface area (Å²) in [7, 11) is 5.75. The number of halogens is 1. The molecule has 0 bridgehead atoms. The molecule has 1 aromatic carbocycles. The minimum atomic E-state index is -0.246. The van der Waals surface area contributed by atoms with Gasteiger partial charge in [0.15, 0.2) is 11.6 Å². The molecule has 2 aliphatic rings. The fourth-order valence-electron chi connectivity index (χ4n) is 2.73. The van der Waals surface area contributed by atoms with Crippen LogP contribution in [0.2, 0.25) is 0 Å². The average molecular weight is 219 g/mol. The van der Waals surface area contributed by atoms with Gasteiger partial charge in [-0.2, -0.15) is 0 Å². The molecule has 1 saturated heterocycles. The second-order valence-corrected chi connectivity index (χ2v) is 4.72. The standard InChI is InChI=1S/C13H14FNO/c1-15-7-5-13(6-8-15)9-16-12-10(13)3-2-4-11(12)14/h1-4H,5-9H2. The van der Waals surface area contributed by atoms with Crippen LogP contribution in [0.4, 0.5) is 4.39 Å². The first-order valence-corrected chi connectivity index (χ1v) is 5.63. The second kappa shape index (κ2) is 3.45. The van der Waals surface area contributed by atoms with Crippen LogP contribution in [0.3, 0.4) is 0 Å². The predicted octanol–water partition coefficient (Wildman–Crippen LogP) is 2.22. The van der Waals surface area contributed by atoms with Gasteiger partial charge in [0.25, 0.3) is 0 Å². The lowest BCUT2D eigenvalue weighted by Gasteiger charge is -2.36. The Morgan fingerprint density at radius 3 is 2.81 bits per heavy atom. The molecule has 0 aromatic heterocycles. The molecule has 2 radical (unpaired) electrons. The monoisotopic (exact) mass is 219 g/mol. The van der Waals surface area contributed by atoms with Crippen molar-refractivity contribution in [1.29, 1.82) is 0 Å². The number of fused-ring (bicyclic) bond motifs is 2. The van der Waals surface area contributed by atoms with Gasteiger partial charge in [0.05, 0.1) is 6.61 Å². The van der Waals surface area contributed by atoms with Gasteiger partial charge in [-0.25, -0.2) is 4.39 Å². The van der Waals surface area contributed by atoms with Crippen LogP contribution in [0.15, 0.2) is 18.2 Å². The third kappa shape index (κ3) is 1.34. The summed E-state index contributed by atoms with van der Waals surface area (Å²) >= 11 is 0. The van der Waals surface area contributed by atoms with Crippen LogP contribution in [0.25, 0.3) is 0 Å². The summed E-state index contributed by atoms with van der Waals surface area (Å²) in [5.41, 5.74) is 1.02. The number of rotatable bonds is 0. The van der Waals surface area contributed by atoms with Gasteiger partial charge in [0.1, 0.15) is 0 Å². The minimum Gasteiger partial charge on any atom is -0.489 e. The van der Waals surface area contributed by atoms with Crippen LogP contribution in [0, 0.1) is 12.9 Å². The lowest BCUT2D eigenvalue weighted by molar-refractivity contribution is 0.165. The molecule has 3 rings (SSSR count). The summed E-state index contributed by atoms with van der Waals surface area (Å²) in [6.45, 7) is 2.29. The number of para-hydroxylation sites is 1. The lowest BCUT2D eigenvalue weighted by atomic mass is 9.74. The molecule has 0 aliphatic carbocycles. The van der Waals surface area contributed by atoms with Crippen molar-refractivity contribution in [3.63, 3.8) is 0 Å². The van der Waals surface area contributed by atoms with E-state index in [2.05, 4.69) is 0 Å². The van der Waals surface area contributed by atoms with Gasteiger partial charge in [0.2, 0.25) is 0 Å². The SMILES string of the molecule is [CH]N1CCC2(CC1)COc1c(F)cccc12. The van der Waals surface area contributed by atoms with Gasteiger partial charge in [-0.3, -0.25) is 4.90 Å². The number of hydrogen-bond acceptors (Lipinski definition) is 2. The largest absolute Gasteiger partial charge is 0.489 e. The van der Waals surface area contributed by atoms with Gasteiger partial charge >= 0.3 is 0 Å². The van der Waals surface area contributed by atoms with Crippen LogP contribution in [-0.2, 0) is 5.41 Å². The van der Waals surface area contributed by atoms with Crippen molar-refractivity contribution >= 4 is 0 Å². The number of piperidine rings is 1. The third-order valence-corrected chi connectivity index (χ3v) is 3.79. The normalized spacial score (nSPS) is 23.1. The van der Waals surface area contributed by atoms with Crippen LogP contribution < -0.4 is 4.74 Å². The number of likely N-dealkylation sites (tertiary alicyclic amines) is 1. The van der Waals surface area contributed by atoms with Crippen LogP contribution in [0.1, 0.15) is 18.4 Å². The van der Waals surface area contributed by atoms with Crippen molar-refractivity contribution < 1.29 is 9.13 Å². The van der Waals surface area contributed by atoms with E-state index in [1.165, 1.54) is 6.07 Å². The highest BCUT2D eigenvalue weighted by Crippen LogP contribution is 2.46. The van der Waals surface area contributed by atoms with Crippen molar-refractivity contribution in [3.8, 4) is 5.75 Å². The van der Waals surface area contributed by atoms with E-state index in [-0.39, 0.29) is 11.2 Å². The molecule has 0 unspecified atom stereocenters. The fraction of sp³-hybridized carbons (Fsp3) is 0.462. The number of benzene rings is 1. The molecular formula is C13H14FNO. The third-order valence-electron chi connectivity index (χ3n) is 3.79. The van der Waals surface area contributed by atoms with E-state index >= 15 is 0 Å². The maximum atomic E-state index is 13.5. The summed E-state index contributed by atoms with van der Waals surface area (Å²) in [4.78, 5) is 1.82. The van der Waals surface area contributed by atoms with Crippen LogP contribution in [0.5, 0.6) is 5.75 Å². The van der Waals surface area contributed by atoms with Crippen molar-refractivity contribution in [2.24, 2.45) is 0 Å². The Kier molecular flexibility index (Phi) is 2.18. The predicted molar refractivity (Wildman–Crippen MR) is 58.7 cm³/mol. The van der Waals surface area contributed by atoms with E-state index < -0.39 is 0 Å². The number of nitrogens with zero attached hydrogens (tertiary/aromatic N) is 1. The van der Waals surface area contributed by atoms with Gasteiger partial charge in [0, 0.05) is 18.0 Å². The Hall–Kier alpha value is -1.09. The maximum Gasteiger partial charge on any atom is 0.165 e. The van der Waals surface area contributed by atoms with E-state index in [1.54, 1.807) is 6.07 Å². The summed E-state index contributed by atoms with van der Waals surface area (Å²) in [5.74, 6) is 0.206. The highest BCUT2D eigenvalue weighted by molar-refractivity contribution is 5.45. The van der Waals surface area contributed by atoms with Crippen molar-refractivity contribution in [1.82, 2.24) is 4.90 Å².